The van der Waals surface area contributed by atoms with Crippen LogP contribution in [0.5, 0.6) is 5.88 Å². The third kappa shape index (κ3) is 6.39. The molecule has 0 aliphatic rings. The Labute approximate surface area is 266 Å². The van der Waals surface area contributed by atoms with Crippen LogP contribution in [-0.4, -0.2) is 58.7 Å². The topological polar surface area (TPSA) is 157 Å². The fourth-order valence-electron chi connectivity index (χ4n) is 4.15. The summed E-state index contributed by atoms with van der Waals surface area (Å²) in [5.74, 6) is -6.03. The molecule has 4 heterocycles. The van der Waals surface area contributed by atoms with E-state index in [-0.39, 0.29) is 39.1 Å². The number of nitrogens with zero attached hydrogens (tertiary/aromatic N) is 4. The fraction of sp³-hybridized carbons (Fsp3) is 0.241. The average molecular weight is 638 g/mol. The third-order valence-electron chi connectivity index (χ3n) is 6.16. The number of halogens is 4. The number of amides is 2. The number of methoxy groups -OCH3 is 1. The molecule has 0 radical (unpaired) electrons. The van der Waals surface area contributed by atoms with Crippen LogP contribution >= 0.6 is 0 Å². The first-order valence-corrected chi connectivity index (χ1v) is 12.4. The second-order valence-electron chi connectivity index (χ2n) is 9.19. The number of anilines is 1. The highest BCUT2D eigenvalue weighted by Crippen LogP contribution is 2.39. The number of hydrogen-bond donors (Lipinski definition) is 3. The Hall–Kier alpha value is -5.54. The molecule has 16 heteroatoms. The number of furan rings is 1. The van der Waals surface area contributed by atoms with Crippen molar-refractivity contribution >= 4 is 28.7 Å². The number of rotatable bonds is 9. The van der Waals surface area contributed by atoms with E-state index in [2.05, 4.69) is 35.3 Å². The van der Waals surface area contributed by atoms with E-state index in [0.29, 0.717) is 0 Å². The van der Waals surface area contributed by atoms with Gasteiger partial charge >= 0.3 is 6.18 Å². The quantitative estimate of drug-likeness (QED) is 0.186. The lowest BCUT2D eigenvalue weighted by Crippen LogP contribution is -2.42. The summed E-state index contributed by atoms with van der Waals surface area (Å²) in [4.78, 5) is 38.6. The lowest BCUT2D eigenvalue weighted by molar-refractivity contribution is -0.115. The molecule has 0 spiro atoms. The molecule has 0 bridgehead atoms. The number of benzene rings is 1. The molecule has 0 unspecified atom stereocenters. The molecule has 5 rings (SSSR count). The van der Waals surface area contributed by atoms with E-state index >= 15 is 0 Å². The van der Waals surface area contributed by atoms with Crippen LogP contribution in [0.4, 0.5) is 23.4 Å². The summed E-state index contributed by atoms with van der Waals surface area (Å²) in [6.07, 6.45) is -5.02. The molecule has 2 amide bonds. The standard InChI is InChI=1S/C29H25F4N7O5/c1-28(2,27-37-13-44-40-27)39-23(41)19-9-15(11-35-25(19)43-4)17-10-18-20(24(42)34-3)21(14-5-7-16(30)8-6-14)45-26(18)38-22(17)36-12-29(31,32)33/h5-11,13H,12H2,1-4H3,(H,34,42)(H,36,38)(H,39,41)/i1D3,2D3,4D3,13D. The molecule has 0 aliphatic heterocycles. The van der Waals surface area contributed by atoms with Gasteiger partial charge in [-0.15, -0.1) is 0 Å². The van der Waals surface area contributed by atoms with Crippen LogP contribution in [0.1, 0.15) is 54.0 Å². The van der Waals surface area contributed by atoms with E-state index in [0.717, 1.165) is 30.5 Å². The summed E-state index contributed by atoms with van der Waals surface area (Å²) in [7, 11) is -2.06. The van der Waals surface area contributed by atoms with Crippen LogP contribution in [0.3, 0.4) is 0 Å². The summed E-state index contributed by atoms with van der Waals surface area (Å²) in [5.41, 5.74) is -5.56. The first kappa shape index (κ1) is 20.4. The van der Waals surface area contributed by atoms with Gasteiger partial charge in [0.05, 0.1) is 27.6 Å². The highest BCUT2D eigenvalue weighted by molar-refractivity contribution is 6.11. The predicted octanol–water partition coefficient (Wildman–Crippen LogP) is 5.09. The lowest BCUT2D eigenvalue weighted by atomic mass is 10.0. The van der Waals surface area contributed by atoms with Crippen molar-refractivity contribution in [2.45, 2.75) is 25.4 Å². The van der Waals surface area contributed by atoms with Crippen molar-refractivity contribution in [3.63, 3.8) is 0 Å². The normalized spacial score (nSPS) is 15.9. The van der Waals surface area contributed by atoms with Crippen molar-refractivity contribution in [1.82, 2.24) is 30.7 Å². The first-order valence-electron chi connectivity index (χ1n) is 17.4. The van der Waals surface area contributed by atoms with Crippen molar-refractivity contribution in [1.29, 1.82) is 0 Å². The van der Waals surface area contributed by atoms with Crippen molar-refractivity contribution in [2.75, 3.05) is 25.9 Å². The maximum atomic E-state index is 14.0. The van der Waals surface area contributed by atoms with Gasteiger partial charge in [-0.2, -0.15) is 23.1 Å². The maximum Gasteiger partial charge on any atom is 0.405 e. The van der Waals surface area contributed by atoms with Gasteiger partial charge in [0.15, 0.2) is 5.82 Å². The summed E-state index contributed by atoms with van der Waals surface area (Å²) >= 11 is 0. The molecule has 45 heavy (non-hydrogen) atoms. The van der Waals surface area contributed by atoms with Crippen LogP contribution in [0.15, 0.2) is 57.9 Å². The molecular formula is C29H25F4N7O5. The summed E-state index contributed by atoms with van der Waals surface area (Å²) in [6, 6.07) is 6.55. The highest BCUT2D eigenvalue weighted by Gasteiger charge is 2.31. The van der Waals surface area contributed by atoms with Gasteiger partial charge in [0.1, 0.15) is 30.9 Å². The van der Waals surface area contributed by atoms with Crippen molar-refractivity contribution in [2.24, 2.45) is 0 Å². The molecule has 0 aliphatic carbocycles. The summed E-state index contributed by atoms with van der Waals surface area (Å²) in [6.45, 7) is -9.12. The summed E-state index contributed by atoms with van der Waals surface area (Å²) in [5, 5.41) is 9.39. The van der Waals surface area contributed by atoms with Gasteiger partial charge in [-0.25, -0.2) is 9.37 Å². The van der Waals surface area contributed by atoms with Gasteiger partial charge < -0.3 is 29.6 Å². The summed E-state index contributed by atoms with van der Waals surface area (Å²) < 4.78 is 148. The largest absolute Gasteiger partial charge is 0.480 e. The highest BCUT2D eigenvalue weighted by atomic mass is 19.4. The minimum atomic E-state index is -4.83. The second kappa shape index (κ2) is 11.9. The zero-order valence-corrected chi connectivity index (χ0v) is 22.6. The van der Waals surface area contributed by atoms with Crippen molar-refractivity contribution in [3.05, 3.63) is 71.7 Å². The number of fused-ring (bicyclic) bond motifs is 1. The number of ether oxygens (including phenoxy) is 1. The molecule has 5 aromatic rings. The molecule has 12 nitrogen and oxygen atoms in total. The predicted molar refractivity (Wildman–Crippen MR) is 152 cm³/mol. The number of nitrogens with one attached hydrogen (secondary N) is 3. The third-order valence-corrected chi connectivity index (χ3v) is 6.16. The van der Waals surface area contributed by atoms with Crippen LogP contribution < -0.4 is 20.7 Å². The van der Waals surface area contributed by atoms with E-state index < -0.39 is 86.1 Å². The van der Waals surface area contributed by atoms with Gasteiger partial charge in [0, 0.05) is 38.2 Å². The molecule has 0 atom stereocenters. The molecule has 1 aromatic carbocycles. The smallest absolute Gasteiger partial charge is 0.405 e. The van der Waals surface area contributed by atoms with Crippen LogP contribution in [0, 0.1) is 5.82 Å². The second-order valence-corrected chi connectivity index (χ2v) is 9.19. The number of carbonyl (C=O) groups is 2. The van der Waals surface area contributed by atoms with Crippen LogP contribution in [-0.2, 0) is 5.54 Å². The van der Waals surface area contributed by atoms with E-state index in [1.54, 1.807) is 5.32 Å². The minimum Gasteiger partial charge on any atom is -0.480 e. The van der Waals surface area contributed by atoms with E-state index in [9.17, 15) is 27.2 Å². The molecule has 234 valence electrons. The number of pyridine rings is 2. The Bertz CT molecular complexity index is 2240. The average Bonchev–Trinajstić information content (AvgIpc) is 3.66. The van der Waals surface area contributed by atoms with Crippen molar-refractivity contribution in [3.8, 4) is 28.3 Å². The van der Waals surface area contributed by atoms with Gasteiger partial charge in [0.2, 0.25) is 18.0 Å². The van der Waals surface area contributed by atoms with Gasteiger partial charge in [-0.1, -0.05) is 5.16 Å². The van der Waals surface area contributed by atoms with Crippen LogP contribution in [0.25, 0.3) is 33.6 Å². The Kier molecular flexibility index (Phi) is 5.38. The zero-order chi connectivity index (χ0) is 40.9. The number of alkyl halides is 3. The molecular weight excluding hydrogens is 602 g/mol. The molecule has 0 saturated heterocycles. The number of aromatic nitrogens is 4. The van der Waals surface area contributed by atoms with E-state index in [1.165, 1.54) is 19.2 Å². The molecule has 3 N–H and O–H groups in total. The Morgan fingerprint density at radius 3 is 2.51 bits per heavy atom. The fourth-order valence-corrected chi connectivity index (χ4v) is 4.15. The monoisotopic (exact) mass is 637 g/mol. The van der Waals surface area contributed by atoms with Crippen LogP contribution in [0.2, 0.25) is 0 Å². The van der Waals surface area contributed by atoms with Gasteiger partial charge in [0.25, 0.3) is 11.8 Å². The zero-order valence-electron chi connectivity index (χ0n) is 32.6. The Morgan fingerprint density at radius 2 is 1.87 bits per heavy atom. The van der Waals surface area contributed by atoms with Crippen molar-refractivity contribution < 1.29 is 54.5 Å². The number of hydrogen-bond acceptors (Lipinski definition) is 10. The van der Waals surface area contributed by atoms with E-state index in [4.69, 9.17) is 22.9 Å². The minimum absolute atomic E-state index is 0.118. The SMILES string of the molecule is [2H]c1nc(C(NC(=O)c2cc(-c3cc4c(C(=O)NC)c(-c5ccc(F)cc5)oc4nc3NCC(F)(F)F)cnc2OC([2H])([2H])[2H])(C([2H])([2H])[2H])C([2H])([2H])[2H])no1. The molecule has 0 saturated carbocycles. The maximum absolute atomic E-state index is 14.0. The van der Waals surface area contributed by atoms with E-state index in [1.807, 2.05) is 0 Å². The first-order chi connectivity index (χ1) is 25.3. The Morgan fingerprint density at radius 1 is 1.09 bits per heavy atom. The van der Waals surface area contributed by atoms with Gasteiger partial charge in [-0.05, 0) is 50.1 Å². The Balaban J connectivity index is 1.78. The molecule has 0 fully saturated rings. The van der Waals surface area contributed by atoms with Gasteiger partial charge in [-0.3, -0.25) is 9.59 Å². The molecule has 4 aromatic heterocycles. The lowest BCUT2D eigenvalue weighted by Gasteiger charge is -2.23. The number of carbonyl (C=O) groups excluding carboxylic acids is 2.